The van der Waals surface area contributed by atoms with Crippen LogP contribution < -0.4 is 10.1 Å². The monoisotopic (exact) mass is 387 g/mol. The third-order valence-electron chi connectivity index (χ3n) is 5.18. The van der Waals surface area contributed by atoms with Crippen molar-refractivity contribution in [2.75, 3.05) is 18.4 Å². The predicted molar refractivity (Wildman–Crippen MR) is 115 cm³/mol. The third-order valence-corrected chi connectivity index (χ3v) is 5.18. The van der Waals surface area contributed by atoms with E-state index in [1.54, 1.807) is 12.3 Å². The van der Waals surface area contributed by atoms with E-state index in [-0.39, 0.29) is 5.91 Å². The van der Waals surface area contributed by atoms with Crippen LogP contribution in [-0.2, 0) is 0 Å². The Kier molecular flexibility index (Phi) is 5.75. The molecule has 29 heavy (non-hydrogen) atoms. The van der Waals surface area contributed by atoms with Gasteiger partial charge in [-0.1, -0.05) is 25.1 Å². The van der Waals surface area contributed by atoms with Gasteiger partial charge in [-0.25, -0.2) is 4.98 Å². The lowest BCUT2D eigenvalue weighted by molar-refractivity contribution is 0.0697. The summed E-state index contributed by atoms with van der Waals surface area (Å²) >= 11 is 0. The molecule has 2 aromatic carbocycles. The molecule has 0 aliphatic carbocycles. The van der Waals surface area contributed by atoms with E-state index < -0.39 is 0 Å². The number of aromatic nitrogens is 1. The summed E-state index contributed by atoms with van der Waals surface area (Å²) < 4.78 is 5.82. The van der Waals surface area contributed by atoms with Gasteiger partial charge in [-0.3, -0.25) is 4.79 Å². The van der Waals surface area contributed by atoms with Crippen molar-refractivity contribution >= 4 is 17.4 Å². The van der Waals surface area contributed by atoms with Crippen LogP contribution in [0.3, 0.4) is 0 Å². The molecule has 1 aliphatic rings. The van der Waals surface area contributed by atoms with Crippen LogP contribution in [0.1, 0.15) is 30.1 Å². The molecular formula is C24H25N3O2. The summed E-state index contributed by atoms with van der Waals surface area (Å²) in [7, 11) is 0. The Balaban J connectivity index is 1.40. The van der Waals surface area contributed by atoms with Gasteiger partial charge in [0, 0.05) is 30.5 Å². The Bertz CT molecular complexity index is 949. The SMILES string of the molecule is CC1CCN(C(=O)c2ccnc(Nc3ccc(Oc4ccccc4)cc3)c2)CC1. The summed E-state index contributed by atoms with van der Waals surface area (Å²) in [5.74, 6) is 2.99. The predicted octanol–water partition coefficient (Wildman–Crippen LogP) is 5.49. The van der Waals surface area contributed by atoms with Gasteiger partial charge >= 0.3 is 0 Å². The summed E-state index contributed by atoms with van der Waals surface area (Å²) in [6.45, 7) is 3.90. The van der Waals surface area contributed by atoms with E-state index >= 15 is 0 Å². The molecule has 3 aromatic rings. The minimum Gasteiger partial charge on any atom is -0.457 e. The zero-order valence-corrected chi connectivity index (χ0v) is 16.5. The standard InChI is InChI=1S/C24H25N3O2/c1-18-12-15-27(16-13-18)24(28)19-11-14-25-23(17-19)26-20-7-9-22(10-8-20)29-21-5-3-2-4-6-21/h2-11,14,17-18H,12-13,15-16H2,1H3,(H,25,26). The molecule has 0 spiro atoms. The van der Waals surface area contributed by atoms with Crippen molar-refractivity contribution in [2.24, 2.45) is 5.92 Å². The number of carbonyl (C=O) groups is 1. The first-order valence-corrected chi connectivity index (χ1v) is 10.0. The number of pyridine rings is 1. The molecule has 5 heteroatoms. The Hall–Kier alpha value is -3.34. The van der Waals surface area contributed by atoms with Gasteiger partial charge in [0.05, 0.1) is 0 Å². The van der Waals surface area contributed by atoms with Crippen molar-refractivity contribution in [1.29, 1.82) is 0 Å². The fraction of sp³-hybridized carbons (Fsp3) is 0.250. The normalized spacial score (nSPS) is 14.4. The van der Waals surface area contributed by atoms with Gasteiger partial charge in [-0.15, -0.1) is 0 Å². The van der Waals surface area contributed by atoms with Crippen LogP contribution in [0.5, 0.6) is 11.5 Å². The molecule has 148 valence electrons. The van der Waals surface area contributed by atoms with Crippen molar-refractivity contribution < 1.29 is 9.53 Å². The van der Waals surface area contributed by atoms with E-state index in [0.717, 1.165) is 43.1 Å². The summed E-state index contributed by atoms with van der Waals surface area (Å²) in [5, 5.41) is 3.26. The molecule has 0 saturated carbocycles. The minimum atomic E-state index is 0.0777. The molecule has 1 aliphatic heterocycles. The van der Waals surface area contributed by atoms with Crippen LogP contribution >= 0.6 is 0 Å². The molecule has 1 aromatic heterocycles. The van der Waals surface area contributed by atoms with Crippen molar-refractivity contribution in [1.82, 2.24) is 9.88 Å². The van der Waals surface area contributed by atoms with Crippen LogP contribution in [0.4, 0.5) is 11.5 Å². The molecule has 5 nitrogen and oxygen atoms in total. The maximum Gasteiger partial charge on any atom is 0.254 e. The van der Waals surface area contributed by atoms with E-state index in [9.17, 15) is 4.79 Å². The number of hydrogen-bond donors (Lipinski definition) is 1. The van der Waals surface area contributed by atoms with E-state index in [0.29, 0.717) is 17.3 Å². The molecule has 1 N–H and O–H groups in total. The zero-order chi connectivity index (χ0) is 20.1. The first kappa shape index (κ1) is 19.0. The van der Waals surface area contributed by atoms with Crippen LogP contribution in [0.15, 0.2) is 72.9 Å². The van der Waals surface area contributed by atoms with Gasteiger partial charge in [0.25, 0.3) is 5.91 Å². The molecular weight excluding hydrogens is 362 g/mol. The number of likely N-dealkylation sites (tertiary alicyclic amines) is 1. The second-order valence-electron chi connectivity index (χ2n) is 7.47. The van der Waals surface area contributed by atoms with Crippen LogP contribution in [0, 0.1) is 5.92 Å². The third kappa shape index (κ3) is 4.93. The largest absolute Gasteiger partial charge is 0.457 e. The van der Waals surface area contributed by atoms with E-state index in [1.807, 2.05) is 65.6 Å². The number of carbonyl (C=O) groups excluding carboxylic acids is 1. The number of rotatable bonds is 5. The first-order chi connectivity index (χ1) is 14.2. The number of para-hydroxylation sites is 1. The Labute approximate surface area is 171 Å². The Morgan fingerprint density at radius 3 is 2.41 bits per heavy atom. The number of nitrogens with one attached hydrogen (secondary N) is 1. The second-order valence-corrected chi connectivity index (χ2v) is 7.47. The summed E-state index contributed by atoms with van der Waals surface area (Å²) in [5.41, 5.74) is 1.55. The highest BCUT2D eigenvalue weighted by Crippen LogP contribution is 2.24. The number of hydrogen-bond acceptors (Lipinski definition) is 4. The molecule has 0 unspecified atom stereocenters. The molecule has 2 heterocycles. The number of anilines is 2. The number of amides is 1. The minimum absolute atomic E-state index is 0.0777. The van der Waals surface area contributed by atoms with E-state index in [2.05, 4.69) is 17.2 Å². The van der Waals surface area contributed by atoms with Crippen LogP contribution in [-0.4, -0.2) is 28.9 Å². The highest BCUT2D eigenvalue weighted by atomic mass is 16.5. The van der Waals surface area contributed by atoms with Crippen LogP contribution in [0.2, 0.25) is 0 Å². The quantitative estimate of drug-likeness (QED) is 0.629. The van der Waals surface area contributed by atoms with Crippen molar-refractivity contribution in [2.45, 2.75) is 19.8 Å². The first-order valence-electron chi connectivity index (χ1n) is 10.0. The van der Waals surface area contributed by atoms with Gasteiger partial charge in [0.15, 0.2) is 0 Å². The van der Waals surface area contributed by atoms with Crippen molar-refractivity contribution in [3.05, 3.63) is 78.5 Å². The molecule has 1 fully saturated rings. The van der Waals surface area contributed by atoms with Gasteiger partial charge < -0.3 is 15.0 Å². The lowest BCUT2D eigenvalue weighted by Crippen LogP contribution is -2.37. The fourth-order valence-corrected chi connectivity index (χ4v) is 3.40. The van der Waals surface area contributed by atoms with E-state index in [1.165, 1.54) is 0 Å². The van der Waals surface area contributed by atoms with Gasteiger partial charge in [0.2, 0.25) is 0 Å². The topological polar surface area (TPSA) is 54.5 Å². The second kappa shape index (κ2) is 8.78. The maximum atomic E-state index is 12.8. The summed E-state index contributed by atoms with van der Waals surface area (Å²) in [6, 6.07) is 20.9. The lowest BCUT2D eigenvalue weighted by Gasteiger charge is -2.30. The summed E-state index contributed by atoms with van der Waals surface area (Å²) in [4.78, 5) is 19.1. The highest BCUT2D eigenvalue weighted by molar-refractivity contribution is 5.95. The van der Waals surface area contributed by atoms with Gasteiger partial charge in [-0.05, 0) is 67.3 Å². The van der Waals surface area contributed by atoms with Gasteiger partial charge in [-0.2, -0.15) is 0 Å². The maximum absolute atomic E-state index is 12.8. The summed E-state index contributed by atoms with van der Waals surface area (Å²) in [6.07, 6.45) is 3.81. The van der Waals surface area contributed by atoms with Crippen molar-refractivity contribution in [3.8, 4) is 11.5 Å². The Morgan fingerprint density at radius 1 is 1.00 bits per heavy atom. The Morgan fingerprint density at radius 2 is 1.69 bits per heavy atom. The van der Waals surface area contributed by atoms with Gasteiger partial charge in [0.1, 0.15) is 17.3 Å². The molecule has 4 rings (SSSR count). The number of piperidine rings is 1. The highest BCUT2D eigenvalue weighted by Gasteiger charge is 2.21. The lowest BCUT2D eigenvalue weighted by atomic mass is 9.99. The molecule has 0 radical (unpaired) electrons. The number of ether oxygens (including phenoxy) is 1. The zero-order valence-electron chi connectivity index (χ0n) is 16.5. The van der Waals surface area contributed by atoms with Crippen molar-refractivity contribution in [3.63, 3.8) is 0 Å². The number of nitrogens with zero attached hydrogens (tertiary/aromatic N) is 2. The molecule has 1 amide bonds. The van der Waals surface area contributed by atoms with Crippen LogP contribution in [0.25, 0.3) is 0 Å². The molecule has 0 atom stereocenters. The average molecular weight is 387 g/mol. The fourth-order valence-electron chi connectivity index (χ4n) is 3.40. The van der Waals surface area contributed by atoms with E-state index in [4.69, 9.17) is 4.74 Å². The molecule has 0 bridgehead atoms. The number of benzene rings is 2. The smallest absolute Gasteiger partial charge is 0.254 e. The molecule has 1 saturated heterocycles. The average Bonchev–Trinajstić information content (AvgIpc) is 2.76.